The summed E-state index contributed by atoms with van der Waals surface area (Å²) in [6, 6.07) is 9.08. The quantitative estimate of drug-likeness (QED) is 0.524. The molecule has 0 bridgehead atoms. The molecular formula is C20H27NO3. The summed E-state index contributed by atoms with van der Waals surface area (Å²) in [5, 5.41) is 11.9. The Hall–Kier alpha value is -1.81. The van der Waals surface area contributed by atoms with Crippen molar-refractivity contribution < 1.29 is 9.84 Å². The van der Waals surface area contributed by atoms with Gasteiger partial charge in [-0.3, -0.25) is 9.36 Å². The van der Waals surface area contributed by atoms with Crippen molar-refractivity contribution in [2.24, 2.45) is 0 Å². The molecule has 0 saturated carbocycles. The Morgan fingerprint density at radius 3 is 2.46 bits per heavy atom. The number of hydrogen-bond acceptors (Lipinski definition) is 3. The molecule has 2 aromatic rings. The summed E-state index contributed by atoms with van der Waals surface area (Å²) >= 11 is 0. The zero-order valence-corrected chi connectivity index (χ0v) is 14.2. The highest BCUT2D eigenvalue weighted by molar-refractivity contribution is 5.86. The molecule has 1 aliphatic heterocycles. The van der Waals surface area contributed by atoms with Gasteiger partial charge in [-0.2, -0.15) is 0 Å². The minimum Gasteiger partial charge on any atom is -0.494 e. The summed E-state index contributed by atoms with van der Waals surface area (Å²) in [4.78, 5) is 12.1. The van der Waals surface area contributed by atoms with Crippen molar-refractivity contribution in [3.63, 3.8) is 0 Å². The summed E-state index contributed by atoms with van der Waals surface area (Å²) < 4.78 is 6.71. The first-order chi connectivity index (χ1) is 11.8. The molecule has 1 aromatic carbocycles. The molecule has 1 saturated heterocycles. The average molecular weight is 329 g/mol. The summed E-state index contributed by atoms with van der Waals surface area (Å²) in [7, 11) is 0. The highest BCUT2D eigenvalue weighted by Crippen LogP contribution is 2.22. The third-order valence-corrected chi connectivity index (χ3v) is 4.81. The van der Waals surface area contributed by atoms with Crippen LogP contribution in [0.4, 0.5) is 0 Å². The van der Waals surface area contributed by atoms with E-state index in [9.17, 15) is 9.90 Å². The van der Waals surface area contributed by atoms with E-state index in [1.807, 2.05) is 24.3 Å². The maximum atomic E-state index is 12.1. The van der Waals surface area contributed by atoms with Gasteiger partial charge in [-0.05, 0) is 24.3 Å². The standard InChI is InChI=1S/C20H27NO3/c22-19-14-16-10-7-8-12-18(16)20(23)21(19)13-9-5-3-1-2-4-6-11-17-15-24-17/h7-8,10,12,14,17,23H,1-6,9,11,13,15H2. The molecular weight excluding hydrogens is 302 g/mol. The Balaban J connectivity index is 1.38. The zero-order valence-electron chi connectivity index (χ0n) is 14.2. The monoisotopic (exact) mass is 329 g/mol. The van der Waals surface area contributed by atoms with Gasteiger partial charge in [0.05, 0.1) is 12.7 Å². The van der Waals surface area contributed by atoms with Crippen LogP contribution in [0.3, 0.4) is 0 Å². The molecule has 0 radical (unpaired) electrons. The number of aromatic nitrogens is 1. The smallest absolute Gasteiger partial charge is 0.253 e. The van der Waals surface area contributed by atoms with Gasteiger partial charge in [0.25, 0.3) is 5.56 Å². The molecule has 24 heavy (non-hydrogen) atoms. The summed E-state index contributed by atoms with van der Waals surface area (Å²) in [5.74, 6) is 0.0976. The predicted molar refractivity (Wildman–Crippen MR) is 96.5 cm³/mol. The van der Waals surface area contributed by atoms with Gasteiger partial charge in [-0.15, -0.1) is 0 Å². The fraction of sp³-hybridized carbons (Fsp3) is 0.550. The van der Waals surface area contributed by atoms with Crippen molar-refractivity contribution in [2.45, 2.75) is 64.0 Å². The number of rotatable bonds is 10. The molecule has 1 aliphatic rings. The Kier molecular flexibility index (Phi) is 5.91. The lowest BCUT2D eigenvalue weighted by Crippen LogP contribution is -2.19. The summed E-state index contributed by atoms with van der Waals surface area (Å²) in [6.45, 7) is 1.56. The molecule has 4 nitrogen and oxygen atoms in total. The molecule has 1 fully saturated rings. The molecule has 1 unspecified atom stereocenters. The second-order valence-electron chi connectivity index (χ2n) is 6.76. The van der Waals surface area contributed by atoms with E-state index in [0.29, 0.717) is 12.6 Å². The van der Waals surface area contributed by atoms with Crippen molar-refractivity contribution in [3.8, 4) is 5.88 Å². The van der Waals surface area contributed by atoms with Crippen LogP contribution in [0, 0.1) is 0 Å². The minimum absolute atomic E-state index is 0.0976. The highest BCUT2D eigenvalue weighted by Gasteiger charge is 2.20. The number of aromatic hydroxyl groups is 1. The predicted octanol–water partition coefficient (Wildman–Crippen LogP) is 4.23. The number of unbranched alkanes of at least 4 members (excludes halogenated alkanes) is 6. The molecule has 3 rings (SSSR count). The first-order valence-electron chi connectivity index (χ1n) is 9.19. The molecule has 1 atom stereocenters. The maximum absolute atomic E-state index is 12.1. The van der Waals surface area contributed by atoms with Gasteiger partial charge in [0, 0.05) is 18.0 Å². The van der Waals surface area contributed by atoms with Crippen LogP contribution >= 0.6 is 0 Å². The Morgan fingerprint density at radius 2 is 1.71 bits per heavy atom. The molecule has 4 heteroatoms. The number of hydrogen-bond donors (Lipinski definition) is 1. The second-order valence-corrected chi connectivity index (χ2v) is 6.76. The van der Waals surface area contributed by atoms with Gasteiger partial charge in [0.2, 0.25) is 5.88 Å². The number of nitrogens with zero attached hydrogens (tertiary/aromatic N) is 1. The van der Waals surface area contributed by atoms with Crippen LogP contribution in [0.2, 0.25) is 0 Å². The molecule has 1 aromatic heterocycles. The van der Waals surface area contributed by atoms with Crippen molar-refractivity contribution in [1.82, 2.24) is 4.57 Å². The van der Waals surface area contributed by atoms with Crippen molar-refractivity contribution in [2.75, 3.05) is 6.61 Å². The lowest BCUT2D eigenvalue weighted by Gasteiger charge is -2.10. The van der Waals surface area contributed by atoms with Gasteiger partial charge in [0.1, 0.15) is 0 Å². The molecule has 0 spiro atoms. The first kappa shape index (κ1) is 17.0. The van der Waals surface area contributed by atoms with Crippen LogP contribution < -0.4 is 5.56 Å². The summed E-state index contributed by atoms with van der Waals surface area (Å²) in [6.07, 6.45) is 10.1. The molecule has 0 aliphatic carbocycles. The van der Waals surface area contributed by atoms with E-state index < -0.39 is 0 Å². The number of epoxide rings is 1. The lowest BCUT2D eigenvalue weighted by molar-refractivity contribution is 0.387. The van der Waals surface area contributed by atoms with Gasteiger partial charge in [-0.25, -0.2) is 0 Å². The Labute approximate surface area is 143 Å². The Bertz CT molecular complexity index is 718. The van der Waals surface area contributed by atoms with Crippen LogP contribution in [0.1, 0.15) is 51.4 Å². The normalized spacial score (nSPS) is 16.6. The number of benzene rings is 1. The fourth-order valence-corrected chi connectivity index (χ4v) is 3.26. The average Bonchev–Trinajstić information content (AvgIpc) is 3.40. The minimum atomic E-state index is -0.117. The van der Waals surface area contributed by atoms with Crippen LogP contribution in [-0.4, -0.2) is 22.4 Å². The van der Waals surface area contributed by atoms with Crippen LogP contribution in [0.5, 0.6) is 5.88 Å². The van der Waals surface area contributed by atoms with Gasteiger partial charge < -0.3 is 9.84 Å². The Morgan fingerprint density at radius 1 is 1.04 bits per heavy atom. The topological polar surface area (TPSA) is 54.8 Å². The van der Waals surface area contributed by atoms with Crippen LogP contribution in [0.15, 0.2) is 35.1 Å². The second kappa shape index (κ2) is 8.34. The lowest BCUT2D eigenvalue weighted by atomic mass is 10.1. The van der Waals surface area contributed by atoms with E-state index >= 15 is 0 Å². The molecule has 0 amide bonds. The van der Waals surface area contributed by atoms with Crippen LogP contribution in [0.25, 0.3) is 10.8 Å². The third-order valence-electron chi connectivity index (χ3n) is 4.81. The van der Waals surface area contributed by atoms with Gasteiger partial charge >= 0.3 is 0 Å². The first-order valence-corrected chi connectivity index (χ1v) is 9.19. The van der Waals surface area contributed by atoms with E-state index in [1.54, 1.807) is 6.07 Å². The number of fused-ring (bicyclic) bond motifs is 1. The zero-order chi connectivity index (χ0) is 16.8. The molecule has 130 valence electrons. The van der Waals surface area contributed by atoms with E-state index in [1.165, 1.54) is 43.1 Å². The van der Waals surface area contributed by atoms with Gasteiger partial charge in [0.15, 0.2) is 0 Å². The number of pyridine rings is 1. The summed E-state index contributed by atoms with van der Waals surface area (Å²) in [5.41, 5.74) is -0.117. The van der Waals surface area contributed by atoms with E-state index in [4.69, 9.17) is 4.74 Å². The SMILES string of the molecule is O=c1cc2ccccc2c(O)n1CCCCCCCCCC1CO1. The maximum Gasteiger partial charge on any atom is 0.253 e. The number of ether oxygens (including phenoxy) is 1. The van der Waals surface area contributed by atoms with Crippen molar-refractivity contribution in [1.29, 1.82) is 0 Å². The van der Waals surface area contributed by atoms with Gasteiger partial charge in [-0.1, -0.05) is 56.7 Å². The van der Waals surface area contributed by atoms with E-state index in [0.717, 1.165) is 30.2 Å². The van der Waals surface area contributed by atoms with Crippen molar-refractivity contribution >= 4 is 10.8 Å². The molecule has 1 N–H and O–H groups in total. The van der Waals surface area contributed by atoms with E-state index in [-0.39, 0.29) is 11.4 Å². The highest BCUT2D eigenvalue weighted by atomic mass is 16.6. The largest absolute Gasteiger partial charge is 0.494 e. The fourth-order valence-electron chi connectivity index (χ4n) is 3.26. The molecule has 2 heterocycles. The third kappa shape index (κ3) is 4.60. The van der Waals surface area contributed by atoms with Crippen molar-refractivity contribution in [3.05, 3.63) is 40.7 Å². The van der Waals surface area contributed by atoms with Crippen LogP contribution in [-0.2, 0) is 11.3 Å². The van der Waals surface area contributed by atoms with E-state index in [2.05, 4.69) is 0 Å².